The molecule has 2 aliphatic rings. The predicted octanol–water partition coefficient (Wildman–Crippen LogP) is 2.96. The number of anilines is 2. The smallest absolute Gasteiger partial charge is 0.271 e. The van der Waals surface area contributed by atoms with Crippen molar-refractivity contribution in [2.45, 2.75) is 25.4 Å². The van der Waals surface area contributed by atoms with E-state index in [1.165, 1.54) is 6.33 Å². The van der Waals surface area contributed by atoms with Gasteiger partial charge in [-0.2, -0.15) is 0 Å². The van der Waals surface area contributed by atoms with Gasteiger partial charge < -0.3 is 20.1 Å². The predicted molar refractivity (Wildman–Crippen MR) is 123 cm³/mol. The first-order valence-corrected chi connectivity index (χ1v) is 11.0. The van der Waals surface area contributed by atoms with Gasteiger partial charge in [0, 0.05) is 42.7 Å². The number of nitrogens with zero attached hydrogens (tertiary/aromatic N) is 6. The monoisotopic (exact) mass is 482 g/mol. The van der Waals surface area contributed by atoms with Crippen LogP contribution in [0.5, 0.6) is 0 Å². The molecule has 1 amide bonds. The van der Waals surface area contributed by atoms with E-state index >= 15 is 0 Å². The average Bonchev–Trinajstić information content (AvgIpc) is 3.38. The van der Waals surface area contributed by atoms with Gasteiger partial charge in [0.1, 0.15) is 29.3 Å². The summed E-state index contributed by atoms with van der Waals surface area (Å²) in [5, 5.41) is 3.99. The Morgan fingerprint density at radius 3 is 2.84 bits per heavy atom. The minimum absolute atomic E-state index is 0.0279. The molecule has 2 aliphatic heterocycles. The molecule has 0 radical (unpaired) electrons. The quantitative estimate of drug-likeness (QED) is 0.592. The zero-order valence-electron chi connectivity index (χ0n) is 17.4. The lowest BCUT2D eigenvalue weighted by Gasteiger charge is -2.35. The molecule has 10 heteroatoms. The molecule has 2 N–H and O–H groups in total. The van der Waals surface area contributed by atoms with Crippen molar-refractivity contribution in [3.63, 3.8) is 0 Å². The molecular weight excluding hydrogens is 460 g/mol. The molecule has 0 aromatic carbocycles. The van der Waals surface area contributed by atoms with Crippen LogP contribution in [0.4, 0.5) is 11.6 Å². The first-order valence-electron chi connectivity index (χ1n) is 10.2. The Labute approximate surface area is 188 Å². The Kier molecular flexibility index (Phi) is 5.19. The van der Waals surface area contributed by atoms with Crippen molar-refractivity contribution in [1.82, 2.24) is 29.7 Å². The number of likely N-dealkylation sites (tertiary alicyclic amines) is 1. The SMILES string of the molecule is CN(C)C1CCN(C(=O)c2[nH]c3ncnc(Nc4cc5c(cn4)CN=C5)c3c2Br)CC1. The molecule has 3 aromatic rings. The molecule has 1 fully saturated rings. The highest BCUT2D eigenvalue weighted by Gasteiger charge is 2.28. The molecule has 5 heterocycles. The van der Waals surface area contributed by atoms with Crippen molar-refractivity contribution in [1.29, 1.82) is 0 Å². The molecule has 5 rings (SSSR count). The van der Waals surface area contributed by atoms with E-state index in [9.17, 15) is 4.79 Å². The lowest BCUT2D eigenvalue weighted by atomic mass is 10.0. The molecule has 0 bridgehead atoms. The van der Waals surface area contributed by atoms with Gasteiger partial charge in [-0.3, -0.25) is 9.79 Å². The van der Waals surface area contributed by atoms with Gasteiger partial charge in [0.25, 0.3) is 5.91 Å². The first kappa shape index (κ1) is 20.1. The van der Waals surface area contributed by atoms with E-state index in [-0.39, 0.29) is 5.91 Å². The summed E-state index contributed by atoms with van der Waals surface area (Å²) in [5.41, 5.74) is 3.24. The topological polar surface area (TPSA) is 102 Å². The molecule has 31 heavy (non-hydrogen) atoms. The number of carbonyl (C=O) groups is 1. The summed E-state index contributed by atoms with van der Waals surface area (Å²) < 4.78 is 0.660. The molecule has 0 atom stereocenters. The molecule has 0 spiro atoms. The number of halogens is 1. The van der Waals surface area contributed by atoms with Gasteiger partial charge in [-0.25, -0.2) is 15.0 Å². The van der Waals surface area contributed by atoms with Crippen LogP contribution in [0.2, 0.25) is 0 Å². The van der Waals surface area contributed by atoms with Gasteiger partial charge in [-0.05, 0) is 48.9 Å². The van der Waals surface area contributed by atoms with Gasteiger partial charge >= 0.3 is 0 Å². The van der Waals surface area contributed by atoms with Crippen LogP contribution in [0, 0.1) is 0 Å². The summed E-state index contributed by atoms with van der Waals surface area (Å²) >= 11 is 3.62. The summed E-state index contributed by atoms with van der Waals surface area (Å²) in [4.78, 5) is 38.0. The molecule has 0 aliphatic carbocycles. The van der Waals surface area contributed by atoms with Crippen molar-refractivity contribution >= 4 is 50.7 Å². The number of hydrogen-bond donors (Lipinski definition) is 2. The number of aliphatic imine (C=N–C) groups is 1. The highest BCUT2D eigenvalue weighted by atomic mass is 79.9. The maximum Gasteiger partial charge on any atom is 0.271 e. The molecular formula is C21H23BrN8O. The van der Waals surface area contributed by atoms with Crippen molar-refractivity contribution in [2.24, 2.45) is 4.99 Å². The Morgan fingerprint density at radius 2 is 2.06 bits per heavy atom. The maximum atomic E-state index is 13.2. The summed E-state index contributed by atoms with van der Waals surface area (Å²) in [5.74, 6) is 1.22. The van der Waals surface area contributed by atoms with Crippen molar-refractivity contribution in [3.8, 4) is 0 Å². The number of fused-ring (bicyclic) bond motifs is 2. The van der Waals surface area contributed by atoms with Crippen LogP contribution in [0.25, 0.3) is 11.0 Å². The van der Waals surface area contributed by atoms with Crippen LogP contribution in [0.1, 0.15) is 34.5 Å². The van der Waals surface area contributed by atoms with E-state index in [1.807, 2.05) is 23.4 Å². The zero-order chi connectivity index (χ0) is 21.5. The number of hydrogen-bond acceptors (Lipinski definition) is 7. The minimum atomic E-state index is -0.0279. The fourth-order valence-corrected chi connectivity index (χ4v) is 4.80. The lowest BCUT2D eigenvalue weighted by Crippen LogP contribution is -2.44. The van der Waals surface area contributed by atoms with Gasteiger partial charge in [0.05, 0.1) is 16.4 Å². The van der Waals surface area contributed by atoms with Crippen LogP contribution in [-0.2, 0) is 6.54 Å². The third kappa shape index (κ3) is 3.70. The largest absolute Gasteiger partial charge is 0.337 e. The van der Waals surface area contributed by atoms with E-state index < -0.39 is 0 Å². The number of aromatic amines is 1. The number of rotatable bonds is 4. The zero-order valence-corrected chi connectivity index (χ0v) is 19.0. The standard InChI is InChI=1S/C21H23BrN8O/c1-29(2)14-3-5-30(6-4-14)21(31)18-17(22)16-19(25-11-26-20(16)28-18)27-15-7-12-8-23-9-13(12)10-24-15/h7-8,10-11,14H,3-6,9H2,1-2H3,(H2,24,25,26,27,28). The normalized spacial score (nSPS) is 16.3. The van der Waals surface area contributed by atoms with E-state index in [2.05, 4.69) is 65.2 Å². The summed E-state index contributed by atoms with van der Waals surface area (Å²) in [6.45, 7) is 2.14. The molecule has 9 nitrogen and oxygen atoms in total. The second-order valence-corrected chi connectivity index (χ2v) is 8.90. The number of H-pyrrole nitrogens is 1. The van der Waals surface area contributed by atoms with E-state index in [0.29, 0.717) is 40.0 Å². The highest BCUT2D eigenvalue weighted by molar-refractivity contribution is 9.10. The third-order valence-electron chi connectivity index (χ3n) is 5.99. The van der Waals surface area contributed by atoms with Crippen LogP contribution < -0.4 is 5.32 Å². The third-order valence-corrected chi connectivity index (χ3v) is 6.78. The molecule has 1 saturated heterocycles. The lowest BCUT2D eigenvalue weighted by molar-refractivity contribution is 0.0657. The van der Waals surface area contributed by atoms with Gasteiger partial charge in [0.2, 0.25) is 0 Å². The van der Waals surface area contributed by atoms with Crippen molar-refractivity contribution in [3.05, 3.63) is 39.9 Å². The number of aromatic nitrogens is 4. The van der Waals surface area contributed by atoms with Gasteiger partial charge in [-0.1, -0.05) is 0 Å². The van der Waals surface area contributed by atoms with Gasteiger partial charge in [-0.15, -0.1) is 0 Å². The Morgan fingerprint density at radius 1 is 1.26 bits per heavy atom. The summed E-state index contributed by atoms with van der Waals surface area (Å²) in [6, 6.07) is 2.46. The maximum absolute atomic E-state index is 13.2. The summed E-state index contributed by atoms with van der Waals surface area (Å²) in [7, 11) is 4.18. The summed E-state index contributed by atoms with van der Waals surface area (Å²) in [6.07, 6.45) is 7.08. The highest BCUT2D eigenvalue weighted by Crippen LogP contribution is 2.34. The molecule has 0 unspecified atom stereocenters. The molecule has 160 valence electrons. The van der Waals surface area contributed by atoms with Crippen LogP contribution in [0.3, 0.4) is 0 Å². The average molecular weight is 483 g/mol. The Bertz CT molecular complexity index is 1180. The fraction of sp³-hybridized carbons (Fsp3) is 0.381. The van der Waals surface area contributed by atoms with Crippen molar-refractivity contribution in [2.75, 3.05) is 32.5 Å². The first-order chi connectivity index (χ1) is 15.0. The van der Waals surface area contributed by atoms with E-state index in [1.54, 1.807) is 0 Å². The van der Waals surface area contributed by atoms with Crippen LogP contribution in [-0.4, -0.2) is 75.1 Å². The Hall–Kier alpha value is -2.85. The van der Waals surface area contributed by atoms with E-state index in [0.717, 1.165) is 42.4 Å². The van der Waals surface area contributed by atoms with E-state index in [4.69, 9.17) is 0 Å². The van der Waals surface area contributed by atoms with Gasteiger partial charge in [0.15, 0.2) is 0 Å². The second-order valence-electron chi connectivity index (χ2n) is 8.11. The van der Waals surface area contributed by atoms with Crippen LogP contribution in [0.15, 0.2) is 28.1 Å². The number of carbonyl (C=O) groups excluding carboxylic acids is 1. The number of amides is 1. The molecule has 0 saturated carbocycles. The Balaban J connectivity index is 1.42. The second kappa shape index (κ2) is 8.01. The molecule has 3 aromatic heterocycles. The fourth-order valence-electron chi connectivity index (χ4n) is 4.16. The minimum Gasteiger partial charge on any atom is -0.337 e. The van der Waals surface area contributed by atoms with Crippen molar-refractivity contribution < 1.29 is 4.79 Å². The number of pyridine rings is 1. The van der Waals surface area contributed by atoms with Crippen LogP contribution >= 0.6 is 15.9 Å². The number of nitrogens with one attached hydrogen (secondary N) is 2. The number of piperidine rings is 1.